The third kappa shape index (κ3) is 2.53. The quantitative estimate of drug-likeness (QED) is 0.613. The van der Waals surface area contributed by atoms with E-state index in [1.807, 2.05) is 0 Å². The van der Waals surface area contributed by atoms with Crippen LogP contribution in [0.3, 0.4) is 0 Å². The van der Waals surface area contributed by atoms with E-state index in [1.165, 1.54) is 0 Å². The predicted molar refractivity (Wildman–Crippen MR) is 32.6 cm³/mol. The molecule has 0 saturated heterocycles. The number of alkyl halides is 3. The topological polar surface area (TPSA) is 52.0 Å². The average molecular weight is 156 g/mol. The molecule has 0 aromatic heterocycles. The highest BCUT2D eigenvalue weighted by Gasteiger charge is 2.37. The molecule has 0 rings (SSSR count). The molecule has 2 nitrogen and oxygen atoms in total. The zero-order valence-electron chi connectivity index (χ0n) is 5.49. The molecule has 0 bridgehead atoms. The van der Waals surface area contributed by atoms with Gasteiger partial charge in [-0.3, -0.25) is 0 Å². The smallest absolute Gasteiger partial charge is 0.281 e. The third-order valence-electron chi connectivity index (χ3n) is 1.14. The second-order valence-corrected chi connectivity index (χ2v) is 2.00. The van der Waals surface area contributed by atoms with Crippen molar-refractivity contribution < 1.29 is 13.2 Å². The molecule has 62 valence electrons. The molecule has 10 heavy (non-hydrogen) atoms. The monoisotopic (exact) mass is 156 g/mol. The van der Waals surface area contributed by atoms with Crippen LogP contribution in [-0.2, 0) is 0 Å². The summed E-state index contributed by atoms with van der Waals surface area (Å²) < 4.78 is 36.7. The van der Waals surface area contributed by atoms with E-state index in [4.69, 9.17) is 11.5 Å². The van der Waals surface area contributed by atoms with Crippen molar-refractivity contribution in [3.05, 3.63) is 0 Å². The van der Waals surface area contributed by atoms with Crippen LogP contribution in [0.1, 0.15) is 6.42 Å². The van der Waals surface area contributed by atoms with Crippen LogP contribution >= 0.6 is 0 Å². The molecule has 0 fully saturated rings. The Morgan fingerprint density at radius 2 is 1.80 bits per heavy atom. The minimum Gasteiger partial charge on any atom is -0.330 e. The summed E-state index contributed by atoms with van der Waals surface area (Å²) in [5, 5.41) is 0. The van der Waals surface area contributed by atoms with Crippen LogP contribution in [0, 0.1) is 0 Å². The number of nitrogens with two attached hydrogens (primary N) is 2. The molecule has 0 aromatic rings. The van der Waals surface area contributed by atoms with Gasteiger partial charge in [0.15, 0.2) is 6.17 Å². The second kappa shape index (κ2) is 3.78. The van der Waals surface area contributed by atoms with Crippen molar-refractivity contribution in [3.8, 4) is 0 Å². The van der Waals surface area contributed by atoms with E-state index in [0.717, 1.165) is 0 Å². The second-order valence-electron chi connectivity index (χ2n) is 2.00. The predicted octanol–water partition coefficient (Wildman–Crippen LogP) is 0.267. The van der Waals surface area contributed by atoms with Crippen LogP contribution in [0.2, 0.25) is 0 Å². The first-order chi connectivity index (χ1) is 4.54. The van der Waals surface area contributed by atoms with E-state index in [1.54, 1.807) is 0 Å². The highest BCUT2D eigenvalue weighted by atomic mass is 19.3. The van der Waals surface area contributed by atoms with Crippen LogP contribution in [0.15, 0.2) is 0 Å². The molecule has 0 spiro atoms. The van der Waals surface area contributed by atoms with Crippen LogP contribution < -0.4 is 11.5 Å². The molecule has 0 radical (unpaired) electrons. The van der Waals surface area contributed by atoms with Gasteiger partial charge in [0, 0.05) is 13.0 Å². The van der Waals surface area contributed by atoms with Gasteiger partial charge in [-0.05, 0) is 6.54 Å². The highest BCUT2D eigenvalue weighted by molar-refractivity contribution is 4.77. The SMILES string of the molecule is NCCC(F)(F)C(F)CN. The van der Waals surface area contributed by atoms with Gasteiger partial charge in [0.2, 0.25) is 0 Å². The lowest BCUT2D eigenvalue weighted by molar-refractivity contribution is -0.0723. The highest BCUT2D eigenvalue weighted by Crippen LogP contribution is 2.23. The first-order valence-electron chi connectivity index (χ1n) is 2.96. The Balaban J connectivity index is 3.82. The van der Waals surface area contributed by atoms with Crippen LogP contribution in [0.5, 0.6) is 0 Å². The van der Waals surface area contributed by atoms with Gasteiger partial charge in [0.1, 0.15) is 0 Å². The van der Waals surface area contributed by atoms with Crippen LogP contribution in [0.4, 0.5) is 13.2 Å². The summed E-state index contributed by atoms with van der Waals surface area (Å²) in [6.45, 7) is -0.888. The summed E-state index contributed by atoms with van der Waals surface area (Å²) in [5.41, 5.74) is 9.51. The number of rotatable bonds is 4. The molecule has 5 heteroatoms. The van der Waals surface area contributed by atoms with Crippen molar-refractivity contribution in [2.24, 2.45) is 11.5 Å². The average Bonchev–Trinajstić information content (AvgIpc) is 1.86. The van der Waals surface area contributed by atoms with Gasteiger partial charge in [-0.25, -0.2) is 13.2 Å². The standard InChI is InChI=1S/C5H11F3N2/c6-4(3-10)5(7,8)1-2-9/h4H,1-3,9-10H2. The van der Waals surface area contributed by atoms with Gasteiger partial charge in [0.05, 0.1) is 0 Å². The van der Waals surface area contributed by atoms with E-state index in [2.05, 4.69) is 0 Å². The van der Waals surface area contributed by atoms with Crippen LogP contribution in [0.25, 0.3) is 0 Å². The van der Waals surface area contributed by atoms with Crippen LogP contribution in [-0.4, -0.2) is 25.2 Å². The molecular weight excluding hydrogens is 145 g/mol. The summed E-state index contributed by atoms with van der Waals surface area (Å²) in [4.78, 5) is 0. The van der Waals surface area contributed by atoms with E-state index < -0.39 is 25.1 Å². The lowest BCUT2D eigenvalue weighted by atomic mass is 10.1. The van der Waals surface area contributed by atoms with E-state index in [-0.39, 0.29) is 6.54 Å². The molecule has 4 N–H and O–H groups in total. The van der Waals surface area contributed by atoms with E-state index in [0.29, 0.717) is 0 Å². The largest absolute Gasteiger partial charge is 0.330 e. The van der Waals surface area contributed by atoms with Crippen molar-refractivity contribution in [2.45, 2.75) is 18.5 Å². The zero-order chi connectivity index (χ0) is 8.20. The molecule has 0 aliphatic heterocycles. The van der Waals surface area contributed by atoms with Gasteiger partial charge in [0.25, 0.3) is 5.92 Å². The Morgan fingerprint density at radius 3 is 2.10 bits per heavy atom. The van der Waals surface area contributed by atoms with Gasteiger partial charge >= 0.3 is 0 Å². The van der Waals surface area contributed by atoms with Gasteiger partial charge < -0.3 is 11.5 Å². The molecule has 0 aliphatic rings. The Bertz CT molecular complexity index is 96.9. The number of hydrogen-bond acceptors (Lipinski definition) is 2. The Kier molecular flexibility index (Phi) is 3.67. The van der Waals surface area contributed by atoms with Gasteiger partial charge in [-0.1, -0.05) is 0 Å². The van der Waals surface area contributed by atoms with Crippen molar-refractivity contribution in [1.82, 2.24) is 0 Å². The fourth-order valence-corrected chi connectivity index (χ4v) is 0.521. The molecule has 1 atom stereocenters. The zero-order valence-corrected chi connectivity index (χ0v) is 5.49. The summed E-state index contributed by atoms with van der Waals surface area (Å²) in [7, 11) is 0. The first kappa shape index (κ1) is 9.71. The maximum Gasteiger partial charge on any atom is 0.281 e. The molecule has 0 saturated carbocycles. The molecule has 0 heterocycles. The minimum absolute atomic E-state index is 0.229. The van der Waals surface area contributed by atoms with Gasteiger partial charge in [-0.2, -0.15) is 0 Å². The number of hydrogen-bond donors (Lipinski definition) is 2. The van der Waals surface area contributed by atoms with E-state index in [9.17, 15) is 13.2 Å². The summed E-state index contributed by atoms with van der Waals surface area (Å²) in [5.74, 6) is -3.36. The molecular formula is C5H11F3N2. The molecule has 0 amide bonds. The minimum atomic E-state index is -3.36. The first-order valence-corrected chi connectivity index (χ1v) is 2.96. The lowest BCUT2D eigenvalue weighted by Crippen LogP contribution is -2.37. The fraction of sp³-hybridized carbons (Fsp3) is 1.00. The molecule has 0 aliphatic carbocycles. The van der Waals surface area contributed by atoms with Gasteiger partial charge in [-0.15, -0.1) is 0 Å². The Morgan fingerprint density at radius 1 is 1.30 bits per heavy atom. The van der Waals surface area contributed by atoms with Crippen molar-refractivity contribution >= 4 is 0 Å². The summed E-state index contributed by atoms with van der Waals surface area (Å²) in [6.07, 6.45) is -2.92. The van der Waals surface area contributed by atoms with Crippen molar-refractivity contribution in [3.63, 3.8) is 0 Å². The van der Waals surface area contributed by atoms with Crippen molar-refractivity contribution in [2.75, 3.05) is 13.1 Å². The van der Waals surface area contributed by atoms with E-state index >= 15 is 0 Å². The maximum atomic E-state index is 12.3. The maximum absolute atomic E-state index is 12.3. The molecule has 1 unspecified atom stereocenters. The Labute approximate surface area is 57.4 Å². The number of halogens is 3. The summed E-state index contributed by atoms with van der Waals surface area (Å²) >= 11 is 0. The third-order valence-corrected chi connectivity index (χ3v) is 1.14. The Hall–Kier alpha value is -0.290. The normalized spacial score (nSPS) is 15.3. The summed E-state index contributed by atoms with van der Waals surface area (Å²) in [6, 6.07) is 0. The molecule has 0 aromatic carbocycles. The fourth-order valence-electron chi connectivity index (χ4n) is 0.521. The van der Waals surface area contributed by atoms with Crippen molar-refractivity contribution in [1.29, 1.82) is 0 Å². The lowest BCUT2D eigenvalue weighted by Gasteiger charge is -2.17.